The van der Waals surface area contributed by atoms with Crippen molar-refractivity contribution < 1.29 is 4.79 Å². The van der Waals surface area contributed by atoms with Gasteiger partial charge in [0.15, 0.2) is 0 Å². The molecule has 3 nitrogen and oxygen atoms in total. The third-order valence-electron chi connectivity index (χ3n) is 4.99. The van der Waals surface area contributed by atoms with E-state index in [2.05, 4.69) is 44.0 Å². The van der Waals surface area contributed by atoms with Crippen LogP contribution in [0.15, 0.2) is 23.8 Å². The summed E-state index contributed by atoms with van der Waals surface area (Å²) < 4.78 is 0. The molecule has 0 unspecified atom stereocenters. The van der Waals surface area contributed by atoms with Crippen LogP contribution < -0.4 is 5.32 Å². The Balaban J connectivity index is 2.03. The molecule has 1 aromatic rings. The van der Waals surface area contributed by atoms with Crippen LogP contribution in [0.1, 0.15) is 61.5 Å². The number of aryl methyl sites for hydroxylation is 1. The average Bonchev–Trinajstić information content (AvgIpc) is 3.07. The Morgan fingerprint density at radius 3 is 2.57 bits per heavy atom. The summed E-state index contributed by atoms with van der Waals surface area (Å²) in [5.74, 6) is 0.0346. The van der Waals surface area contributed by atoms with Crippen LogP contribution in [-0.4, -0.2) is 37.0 Å². The van der Waals surface area contributed by atoms with Gasteiger partial charge in [0.25, 0.3) is 5.91 Å². The Kier molecular flexibility index (Phi) is 6.40. The quantitative estimate of drug-likeness (QED) is 0.860. The zero-order valence-corrected chi connectivity index (χ0v) is 15.0. The van der Waals surface area contributed by atoms with Crippen LogP contribution in [0.2, 0.25) is 0 Å². The van der Waals surface area contributed by atoms with E-state index in [0.717, 1.165) is 25.1 Å². The summed E-state index contributed by atoms with van der Waals surface area (Å²) in [7, 11) is 0. The van der Waals surface area contributed by atoms with Gasteiger partial charge in [0.2, 0.25) is 0 Å². The van der Waals surface area contributed by atoms with Gasteiger partial charge >= 0.3 is 0 Å². The van der Waals surface area contributed by atoms with E-state index in [1.54, 1.807) is 0 Å². The normalized spacial score (nSPS) is 16.3. The van der Waals surface area contributed by atoms with Crippen LogP contribution in [0.4, 0.5) is 0 Å². The zero-order valence-electron chi connectivity index (χ0n) is 15.0. The lowest BCUT2D eigenvalue weighted by Crippen LogP contribution is -2.33. The number of rotatable bonds is 6. The SMILES string of the molecule is CC/C(C)=C(/C)c1cc(C(=O)NCCN2CCCC2)ccc1C. The maximum atomic E-state index is 12.4. The van der Waals surface area contributed by atoms with E-state index >= 15 is 0 Å². The summed E-state index contributed by atoms with van der Waals surface area (Å²) in [6.07, 6.45) is 3.62. The number of amides is 1. The molecule has 0 aliphatic carbocycles. The van der Waals surface area contributed by atoms with Crippen LogP contribution in [0.25, 0.3) is 5.57 Å². The molecule has 2 rings (SSSR count). The molecule has 1 aromatic carbocycles. The van der Waals surface area contributed by atoms with Crippen molar-refractivity contribution in [2.24, 2.45) is 0 Å². The number of benzene rings is 1. The second-order valence-corrected chi connectivity index (χ2v) is 6.59. The van der Waals surface area contributed by atoms with Crippen molar-refractivity contribution in [3.63, 3.8) is 0 Å². The molecule has 23 heavy (non-hydrogen) atoms. The molecule has 3 heteroatoms. The van der Waals surface area contributed by atoms with Crippen LogP contribution in [-0.2, 0) is 0 Å². The Morgan fingerprint density at radius 2 is 1.91 bits per heavy atom. The highest BCUT2D eigenvalue weighted by Gasteiger charge is 2.13. The molecule has 1 heterocycles. The molecule has 1 fully saturated rings. The topological polar surface area (TPSA) is 32.3 Å². The molecular weight excluding hydrogens is 284 g/mol. The van der Waals surface area contributed by atoms with E-state index in [9.17, 15) is 4.79 Å². The van der Waals surface area contributed by atoms with E-state index in [1.165, 1.54) is 48.2 Å². The highest BCUT2D eigenvalue weighted by atomic mass is 16.1. The number of hydrogen-bond donors (Lipinski definition) is 1. The second kappa shape index (κ2) is 8.30. The van der Waals surface area contributed by atoms with E-state index in [0.29, 0.717) is 0 Å². The number of nitrogens with one attached hydrogen (secondary N) is 1. The van der Waals surface area contributed by atoms with Crippen molar-refractivity contribution >= 4 is 11.5 Å². The number of nitrogens with zero attached hydrogens (tertiary/aromatic N) is 1. The number of carbonyl (C=O) groups is 1. The lowest BCUT2D eigenvalue weighted by molar-refractivity contribution is 0.0949. The maximum absolute atomic E-state index is 12.4. The molecule has 1 saturated heterocycles. The van der Waals surface area contributed by atoms with Crippen LogP contribution in [0.3, 0.4) is 0 Å². The van der Waals surface area contributed by atoms with Gasteiger partial charge in [0.1, 0.15) is 0 Å². The first-order valence-electron chi connectivity index (χ1n) is 8.81. The fourth-order valence-corrected chi connectivity index (χ4v) is 3.10. The van der Waals surface area contributed by atoms with Gasteiger partial charge in [0.05, 0.1) is 0 Å². The molecule has 0 bridgehead atoms. The summed E-state index contributed by atoms with van der Waals surface area (Å²) in [5.41, 5.74) is 5.84. The van der Waals surface area contributed by atoms with Gasteiger partial charge in [-0.15, -0.1) is 0 Å². The first kappa shape index (κ1) is 17.7. The maximum Gasteiger partial charge on any atom is 0.251 e. The van der Waals surface area contributed by atoms with E-state index in [4.69, 9.17) is 0 Å². The van der Waals surface area contributed by atoms with Gasteiger partial charge < -0.3 is 10.2 Å². The number of hydrogen-bond acceptors (Lipinski definition) is 2. The molecule has 1 aliphatic rings. The fraction of sp³-hybridized carbons (Fsp3) is 0.550. The van der Waals surface area contributed by atoms with Crippen LogP contribution >= 0.6 is 0 Å². The molecule has 0 radical (unpaired) electrons. The van der Waals surface area contributed by atoms with Gasteiger partial charge in [-0.05, 0) is 82.0 Å². The van der Waals surface area contributed by atoms with E-state index < -0.39 is 0 Å². The summed E-state index contributed by atoms with van der Waals surface area (Å²) in [6, 6.07) is 6.02. The molecule has 1 N–H and O–H groups in total. The number of carbonyl (C=O) groups excluding carboxylic acids is 1. The zero-order chi connectivity index (χ0) is 16.8. The van der Waals surface area contributed by atoms with Gasteiger partial charge in [0, 0.05) is 18.7 Å². The first-order chi connectivity index (χ1) is 11.0. The monoisotopic (exact) mass is 314 g/mol. The standard InChI is InChI=1S/C20H30N2O/c1-5-15(2)17(4)19-14-18(9-8-16(19)3)20(23)21-10-13-22-11-6-7-12-22/h8-9,14H,5-7,10-13H2,1-4H3,(H,21,23)/b17-15-. The van der Waals surface area contributed by atoms with Gasteiger partial charge in [-0.3, -0.25) is 4.79 Å². The van der Waals surface area contributed by atoms with Crippen LogP contribution in [0, 0.1) is 6.92 Å². The smallest absolute Gasteiger partial charge is 0.251 e. The van der Waals surface area contributed by atoms with E-state index in [-0.39, 0.29) is 5.91 Å². The minimum Gasteiger partial charge on any atom is -0.351 e. The van der Waals surface area contributed by atoms with Crippen molar-refractivity contribution in [3.05, 3.63) is 40.5 Å². The summed E-state index contributed by atoms with van der Waals surface area (Å²) in [6.45, 7) is 12.6. The van der Waals surface area contributed by atoms with Crippen molar-refractivity contribution in [3.8, 4) is 0 Å². The summed E-state index contributed by atoms with van der Waals surface area (Å²) in [5, 5.41) is 3.06. The third-order valence-corrected chi connectivity index (χ3v) is 4.99. The summed E-state index contributed by atoms with van der Waals surface area (Å²) >= 11 is 0. The van der Waals surface area contributed by atoms with Gasteiger partial charge in [-0.2, -0.15) is 0 Å². The molecule has 0 saturated carbocycles. The largest absolute Gasteiger partial charge is 0.351 e. The predicted octanol–water partition coefficient (Wildman–Crippen LogP) is 4.02. The second-order valence-electron chi connectivity index (χ2n) is 6.59. The van der Waals surface area contributed by atoms with Crippen molar-refractivity contribution in [1.29, 1.82) is 0 Å². The predicted molar refractivity (Wildman–Crippen MR) is 97.7 cm³/mol. The lowest BCUT2D eigenvalue weighted by Gasteiger charge is -2.15. The number of likely N-dealkylation sites (tertiary alicyclic amines) is 1. The Morgan fingerprint density at radius 1 is 1.22 bits per heavy atom. The Bertz CT molecular complexity index is 583. The lowest BCUT2D eigenvalue weighted by atomic mass is 9.95. The van der Waals surface area contributed by atoms with Crippen LogP contribution in [0.5, 0.6) is 0 Å². The molecular formula is C20H30N2O. The van der Waals surface area contributed by atoms with Crippen molar-refractivity contribution in [2.75, 3.05) is 26.2 Å². The minimum absolute atomic E-state index is 0.0346. The Hall–Kier alpha value is -1.61. The van der Waals surface area contributed by atoms with Crippen molar-refractivity contribution in [1.82, 2.24) is 10.2 Å². The van der Waals surface area contributed by atoms with Gasteiger partial charge in [-0.1, -0.05) is 18.6 Å². The average molecular weight is 314 g/mol. The molecule has 126 valence electrons. The molecule has 0 atom stereocenters. The van der Waals surface area contributed by atoms with Gasteiger partial charge in [-0.25, -0.2) is 0 Å². The van der Waals surface area contributed by atoms with E-state index in [1.807, 2.05) is 12.1 Å². The van der Waals surface area contributed by atoms with Crippen molar-refractivity contribution in [2.45, 2.75) is 47.0 Å². The fourth-order valence-electron chi connectivity index (χ4n) is 3.10. The molecule has 1 amide bonds. The number of allylic oxidation sites excluding steroid dienone is 2. The summed E-state index contributed by atoms with van der Waals surface area (Å²) in [4.78, 5) is 14.8. The molecule has 1 aliphatic heterocycles. The highest BCUT2D eigenvalue weighted by Crippen LogP contribution is 2.24. The minimum atomic E-state index is 0.0346. The first-order valence-corrected chi connectivity index (χ1v) is 8.81. The highest BCUT2D eigenvalue weighted by molar-refractivity contribution is 5.95. The molecule has 0 spiro atoms. The Labute approximate surface area is 140 Å². The molecule has 0 aromatic heterocycles. The third kappa shape index (κ3) is 4.68.